The van der Waals surface area contributed by atoms with E-state index in [0.29, 0.717) is 18.2 Å². The molecule has 10 heteroatoms. The molecule has 0 unspecified atom stereocenters. The van der Waals surface area contributed by atoms with Gasteiger partial charge in [-0.15, -0.1) is 5.46 Å². The molecule has 0 saturated carbocycles. The standard InChI is InChI=1S/C10H9BF7O.K/c12-8-3-2-7(11(16,17)18)6-9(8)19-5-1-4-10(13,14)15;/h2-3,6H,1,4-5H2;/q-1;+1. The Morgan fingerprint density at radius 3 is 2.20 bits per heavy atom. The zero-order chi connectivity index (χ0) is 14.7. The van der Waals surface area contributed by atoms with Crippen LogP contribution in [0.5, 0.6) is 5.75 Å². The van der Waals surface area contributed by atoms with Crippen molar-refractivity contribution in [3.8, 4) is 5.75 Å². The molecule has 1 aromatic carbocycles. The molecule has 0 atom stereocenters. The first kappa shape index (κ1) is 20.2. The molecule has 0 bridgehead atoms. The van der Waals surface area contributed by atoms with Crippen LogP contribution >= 0.6 is 0 Å². The van der Waals surface area contributed by atoms with Gasteiger partial charge < -0.3 is 17.7 Å². The van der Waals surface area contributed by atoms with Gasteiger partial charge in [0.2, 0.25) is 0 Å². The van der Waals surface area contributed by atoms with Crippen molar-refractivity contribution in [1.82, 2.24) is 0 Å². The molecule has 0 fully saturated rings. The second-order valence-corrected chi connectivity index (χ2v) is 3.83. The van der Waals surface area contributed by atoms with E-state index in [-0.39, 0.29) is 51.4 Å². The van der Waals surface area contributed by atoms with E-state index in [2.05, 4.69) is 4.74 Å². The van der Waals surface area contributed by atoms with Crippen LogP contribution < -0.4 is 61.6 Å². The third-order valence-corrected chi connectivity index (χ3v) is 2.20. The molecular weight excluding hydrogens is 319 g/mol. The van der Waals surface area contributed by atoms with E-state index in [1.54, 1.807) is 0 Å². The zero-order valence-electron chi connectivity index (χ0n) is 10.5. The first-order valence-corrected chi connectivity index (χ1v) is 5.28. The van der Waals surface area contributed by atoms with Gasteiger partial charge in [-0.05, 0) is 18.6 Å². The monoisotopic (exact) mass is 328 g/mol. The Bertz CT molecular complexity index is 433. The maximum absolute atomic E-state index is 13.1. The minimum atomic E-state index is -5.31. The SMILES string of the molecule is Fc1ccc([B-](F)(F)F)cc1OCCCC(F)(F)F.[K+]. The van der Waals surface area contributed by atoms with Crippen LogP contribution in [0.15, 0.2) is 18.2 Å². The van der Waals surface area contributed by atoms with Crippen molar-refractivity contribution in [3.05, 3.63) is 24.0 Å². The van der Waals surface area contributed by atoms with Gasteiger partial charge in [-0.25, -0.2) is 4.39 Å². The summed E-state index contributed by atoms with van der Waals surface area (Å²) in [5.41, 5.74) is -1.06. The molecule has 108 valence electrons. The van der Waals surface area contributed by atoms with Crippen molar-refractivity contribution < 1.29 is 86.6 Å². The van der Waals surface area contributed by atoms with Gasteiger partial charge in [0.25, 0.3) is 0 Å². The van der Waals surface area contributed by atoms with E-state index in [0.717, 1.165) is 0 Å². The maximum atomic E-state index is 13.1. The minimum Gasteiger partial charge on any atom is -0.491 e. The number of rotatable bonds is 5. The molecule has 1 nitrogen and oxygen atoms in total. The number of alkyl halides is 3. The molecule has 0 N–H and O–H groups in total. The van der Waals surface area contributed by atoms with Crippen LogP contribution in [0.3, 0.4) is 0 Å². The molecule has 0 aliphatic heterocycles. The summed E-state index contributed by atoms with van der Waals surface area (Å²) in [5, 5.41) is 0. The Morgan fingerprint density at radius 2 is 1.70 bits per heavy atom. The molecule has 0 radical (unpaired) electrons. The van der Waals surface area contributed by atoms with Gasteiger partial charge in [-0.3, -0.25) is 0 Å². The van der Waals surface area contributed by atoms with Crippen molar-refractivity contribution in [2.24, 2.45) is 0 Å². The van der Waals surface area contributed by atoms with Crippen LogP contribution in [0.4, 0.5) is 30.5 Å². The molecule has 0 saturated heterocycles. The van der Waals surface area contributed by atoms with Crippen LogP contribution in [0.1, 0.15) is 12.8 Å². The first-order valence-electron chi connectivity index (χ1n) is 5.28. The van der Waals surface area contributed by atoms with Crippen LogP contribution in [0, 0.1) is 5.82 Å². The van der Waals surface area contributed by atoms with Crippen LogP contribution in [-0.4, -0.2) is 19.8 Å². The average molecular weight is 328 g/mol. The molecular formula is C10H9BF7KO. The second kappa shape index (κ2) is 8.02. The molecule has 1 rings (SSSR count). The van der Waals surface area contributed by atoms with Crippen LogP contribution in [0.25, 0.3) is 0 Å². The topological polar surface area (TPSA) is 9.23 Å². The molecule has 0 amide bonds. The fourth-order valence-electron chi connectivity index (χ4n) is 1.29. The summed E-state index contributed by atoms with van der Waals surface area (Å²) in [5.74, 6) is -1.74. The Kier molecular flexibility index (Phi) is 8.11. The maximum Gasteiger partial charge on any atom is 1.00 e. The summed E-state index contributed by atoms with van der Waals surface area (Å²) in [6.45, 7) is -5.82. The number of hydrogen-bond donors (Lipinski definition) is 0. The average Bonchev–Trinajstić information content (AvgIpc) is 2.23. The molecule has 1 aromatic rings. The van der Waals surface area contributed by atoms with E-state index in [4.69, 9.17) is 0 Å². The zero-order valence-corrected chi connectivity index (χ0v) is 13.6. The largest absolute Gasteiger partial charge is 1.00 e. The van der Waals surface area contributed by atoms with E-state index >= 15 is 0 Å². The third-order valence-electron chi connectivity index (χ3n) is 2.20. The molecule has 0 aliphatic carbocycles. The molecule has 0 heterocycles. The fourth-order valence-corrected chi connectivity index (χ4v) is 1.29. The summed E-state index contributed by atoms with van der Waals surface area (Å²) in [6, 6.07) is 1.57. The van der Waals surface area contributed by atoms with Crippen molar-refractivity contribution in [2.75, 3.05) is 6.61 Å². The fraction of sp³-hybridized carbons (Fsp3) is 0.400. The summed E-state index contributed by atoms with van der Waals surface area (Å²) in [4.78, 5) is 0. The van der Waals surface area contributed by atoms with Gasteiger partial charge in [-0.1, -0.05) is 6.07 Å². The normalized spacial score (nSPS) is 11.9. The Labute approximate surface area is 153 Å². The predicted molar refractivity (Wildman–Crippen MR) is 55.9 cm³/mol. The van der Waals surface area contributed by atoms with Crippen molar-refractivity contribution in [1.29, 1.82) is 0 Å². The van der Waals surface area contributed by atoms with Gasteiger partial charge in [0, 0.05) is 6.42 Å². The van der Waals surface area contributed by atoms with Crippen molar-refractivity contribution >= 4 is 12.4 Å². The van der Waals surface area contributed by atoms with Gasteiger partial charge in [0.05, 0.1) is 6.61 Å². The van der Waals surface area contributed by atoms with Crippen LogP contribution in [-0.2, 0) is 0 Å². The van der Waals surface area contributed by atoms with Crippen molar-refractivity contribution in [2.45, 2.75) is 19.0 Å². The van der Waals surface area contributed by atoms with Crippen LogP contribution in [0.2, 0.25) is 0 Å². The summed E-state index contributed by atoms with van der Waals surface area (Å²) in [7, 11) is 0. The van der Waals surface area contributed by atoms with Gasteiger partial charge >= 0.3 is 64.5 Å². The summed E-state index contributed by atoms with van der Waals surface area (Å²) < 4.78 is 90.3. The third kappa shape index (κ3) is 7.30. The van der Waals surface area contributed by atoms with E-state index in [9.17, 15) is 30.5 Å². The van der Waals surface area contributed by atoms with Gasteiger partial charge in [-0.2, -0.15) is 13.2 Å². The molecule has 0 aromatic heterocycles. The Morgan fingerprint density at radius 1 is 1.10 bits per heavy atom. The van der Waals surface area contributed by atoms with Gasteiger partial charge in [0.15, 0.2) is 11.6 Å². The molecule has 0 spiro atoms. The summed E-state index contributed by atoms with van der Waals surface area (Å²) in [6.07, 6.45) is -5.97. The van der Waals surface area contributed by atoms with E-state index in [1.807, 2.05) is 0 Å². The first-order chi connectivity index (χ1) is 8.59. The predicted octanol–water partition coefficient (Wildman–Crippen LogP) is 0.605. The minimum absolute atomic E-state index is 0. The number of ether oxygens (including phenoxy) is 1. The smallest absolute Gasteiger partial charge is 0.491 e. The number of benzene rings is 1. The molecule has 20 heavy (non-hydrogen) atoms. The van der Waals surface area contributed by atoms with E-state index < -0.39 is 49.6 Å². The Balaban J connectivity index is 0.00000361. The summed E-state index contributed by atoms with van der Waals surface area (Å²) >= 11 is 0. The number of halogens is 7. The van der Waals surface area contributed by atoms with E-state index in [1.165, 1.54) is 0 Å². The van der Waals surface area contributed by atoms with Gasteiger partial charge in [0.1, 0.15) is 0 Å². The quantitative estimate of drug-likeness (QED) is 0.437. The molecule has 0 aliphatic rings. The Hall–Kier alpha value is 0.231. The van der Waals surface area contributed by atoms with Crippen molar-refractivity contribution in [3.63, 3.8) is 0 Å². The number of hydrogen-bond acceptors (Lipinski definition) is 1. The second-order valence-electron chi connectivity index (χ2n) is 3.83.